The first-order valence-electron chi connectivity index (χ1n) is 9.01. The number of benzene rings is 1. The van der Waals surface area contributed by atoms with Gasteiger partial charge in [0.05, 0.1) is 11.6 Å². The van der Waals surface area contributed by atoms with E-state index in [0.29, 0.717) is 28.3 Å². The first-order chi connectivity index (χ1) is 13.8. The molecule has 1 atom stereocenters. The Morgan fingerprint density at radius 2 is 2.10 bits per heavy atom. The molecule has 0 bridgehead atoms. The van der Waals surface area contributed by atoms with E-state index in [0.717, 1.165) is 6.42 Å². The summed E-state index contributed by atoms with van der Waals surface area (Å²) in [7, 11) is 1.52. The molecule has 0 aliphatic heterocycles. The fourth-order valence-corrected chi connectivity index (χ4v) is 3.29. The van der Waals surface area contributed by atoms with Gasteiger partial charge in [0.2, 0.25) is 5.95 Å². The number of anilines is 1. The van der Waals surface area contributed by atoms with Crippen molar-refractivity contribution in [1.29, 1.82) is 0 Å². The maximum absolute atomic E-state index is 12.4. The number of nitrogens with one attached hydrogen (secondary N) is 2. The summed E-state index contributed by atoms with van der Waals surface area (Å²) in [6.45, 7) is 2.55. The van der Waals surface area contributed by atoms with Gasteiger partial charge in [0.1, 0.15) is 18.5 Å². The number of H-pyrrole nitrogens is 1. The molecule has 0 spiro atoms. The molecule has 0 saturated carbocycles. The number of imidazole rings is 1. The zero-order valence-electron chi connectivity index (χ0n) is 15.9. The molecule has 9 nitrogen and oxygen atoms in total. The van der Waals surface area contributed by atoms with E-state index in [-0.39, 0.29) is 24.3 Å². The Kier molecular flexibility index (Phi) is 6.51. The molecule has 0 fully saturated rings. The molecule has 3 aromatic rings. The van der Waals surface area contributed by atoms with Crippen LogP contribution in [0.25, 0.3) is 11.2 Å². The number of hydrogen-bond acceptors (Lipinski definition) is 6. The van der Waals surface area contributed by atoms with Crippen LogP contribution >= 0.6 is 23.2 Å². The molecule has 1 unspecified atom stereocenters. The fraction of sp³-hybridized carbons (Fsp3) is 0.389. The van der Waals surface area contributed by atoms with Crippen LogP contribution in [0.4, 0.5) is 5.95 Å². The van der Waals surface area contributed by atoms with Crippen molar-refractivity contribution in [3.8, 4) is 5.75 Å². The Balaban J connectivity index is 1.88. The zero-order valence-corrected chi connectivity index (χ0v) is 17.4. The van der Waals surface area contributed by atoms with Crippen molar-refractivity contribution in [3.63, 3.8) is 0 Å². The quantitative estimate of drug-likeness (QED) is 0.492. The smallest absolute Gasteiger partial charge is 0.329 e. The van der Waals surface area contributed by atoms with Gasteiger partial charge in [0, 0.05) is 18.6 Å². The summed E-state index contributed by atoms with van der Waals surface area (Å²) in [5, 5.41) is 14.4. The van der Waals surface area contributed by atoms with Crippen molar-refractivity contribution in [1.82, 2.24) is 19.1 Å². The van der Waals surface area contributed by atoms with Gasteiger partial charge >= 0.3 is 5.69 Å². The first kappa shape index (κ1) is 21.2. The van der Waals surface area contributed by atoms with Gasteiger partial charge in [-0.05, 0) is 24.6 Å². The second-order valence-electron chi connectivity index (χ2n) is 6.50. The van der Waals surface area contributed by atoms with E-state index in [1.165, 1.54) is 11.6 Å². The average Bonchev–Trinajstić information content (AvgIpc) is 3.02. The predicted molar refractivity (Wildman–Crippen MR) is 112 cm³/mol. The van der Waals surface area contributed by atoms with E-state index in [4.69, 9.17) is 27.9 Å². The number of nitrogens with zero attached hydrogens (tertiary/aromatic N) is 3. The normalized spacial score (nSPS) is 12.3. The number of aliphatic hydroxyl groups is 1. The van der Waals surface area contributed by atoms with Crippen molar-refractivity contribution >= 4 is 40.3 Å². The van der Waals surface area contributed by atoms with Crippen LogP contribution in [0, 0.1) is 0 Å². The molecule has 156 valence electrons. The molecule has 2 heterocycles. The monoisotopic (exact) mass is 441 g/mol. The Morgan fingerprint density at radius 3 is 2.79 bits per heavy atom. The summed E-state index contributed by atoms with van der Waals surface area (Å²) in [5.41, 5.74) is -0.718. The molecule has 3 rings (SSSR count). The number of hydrogen-bond donors (Lipinski definition) is 3. The number of ether oxygens (including phenoxy) is 1. The lowest BCUT2D eigenvalue weighted by Crippen LogP contribution is -2.31. The van der Waals surface area contributed by atoms with Crippen molar-refractivity contribution < 1.29 is 9.84 Å². The molecule has 0 radical (unpaired) electrons. The molecular weight excluding hydrogens is 421 g/mol. The average molecular weight is 442 g/mol. The summed E-state index contributed by atoms with van der Waals surface area (Å²) in [6, 6.07) is 4.78. The lowest BCUT2D eigenvalue weighted by atomic mass is 10.3. The van der Waals surface area contributed by atoms with Gasteiger partial charge in [-0.15, -0.1) is 0 Å². The second-order valence-corrected chi connectivity index (χ2v) is 7.35. The van der Waals surface area contributed by atoms with Crippen molar-refractivity contribution in [2.24, 2.45) is 7.05 Å². The number of rotatable bonds is 8. The number of aryl methyl sites for hydroxylation is 1. The molecule has 1 aromatic carbocycles. The van der Waals surface area contributed by atoms with Crippen LogP contribution in [0.5, 0.6) is 5.75 Å². The zero-order chi connectivity index (χ0) is 21.1. The molecule has 0 saturated heterocycles. The van der Waals surface area contributed by atoms with Gasteiger partial charge in [-0.2, -0.15) is 4.98 Å². The summed E-state index contributed by atoms with van der Waals surface area (Å²) in [6.07, 6.45) is -0.142. The van der Waals surface area contributed by atoms with E-state index in [1.807, 2.05) is 6.92 Å². The minimum absolute atomic E-state index is 0.0229. The van der Waals surface area contributed by atoms with Crippen LogP contribution < -0.4 is 21.3 Å². The van der Waals surface area contributed by atoms with E-state index in [1.54, 1.807) is 22.8 Å². The lowest BCUT2D eigenvalue weighted by molar-refractivity contribution is 0.0939. The Morgan fingerprint density at radius 1 is 1.34 bits per heavy atom. The van der Waals surface area contributed by atoms with Crippen LogP contribution in [-0.4, -0.2) is 43.5 Å². The maximum atomic E-state index is 12.4. The summed E-state index contributed by atoms with van der Waals surface area (Å²) < 4.78 is 8.37. The second kappa shape index (κ2) is 8.89. The van der Waals surface area contributed by atoms with Gasteiger partial charge in [-0.1, -0.05) is 30.1 Å². The van der Waals surface area contributed by atoms with Crippen LogP contribution in [-0.2, 0) is 13.6 Å². The third kappa shape index (κ3) is 4.58. The number of aromatic amines is 1. The Hall–Kier alpha value is -2.49. The van der Waals surface area contributed by atoms with Gasteiger partial charge in [-0.25, -0.2) is 4.79 Å². The van der Waals surface area contributed by atoms with Crippen LogP contribution in [0.3, 0.4) is 0 Å². The van der Waals surface area contributed by atoms with E-state index in [9.17, 15) is 14.7 Å². The fourth-order valence-electron chi connectivity index (χ4n) is 2.83. The molecular formula is C18H21Cl2N5O4. The molecule has 2 aromatic heterocycles. The van der Waals surface area contributed by atoms with E-state index < -0.39 is 17.4 Å². The largest absolute Gasteiger partial charge is 0.489 e. The Labute approximate surface area is 175 Å². The van der Waals surface area contributed by atoms with E-state index in [2.05, 4.69) is 15.3 Å². The van der Waals surface area contributed by atoms with Gasteiger partial charge in [0.25, 0.3) is 5.56 Å². The summed E-state index contributed by atoms with van der Waals surface area (Å²) in [5.74, 6) is 0.771. The summed E-state index contributed by atoms with van der Waals surface area (Å²) in [4.78, 5) is 30.9. The van der Waals surface area contributed by atoms with E-state index >= 15 is 0 Å². The topological polar surface area (TPSA) is 114 Å². The lowest BCUT2D eigenvalue weighted by Gasteiger charge is -2.16. The third-order valence-corrected chi connectivity index (χ3v) is 4.79. The van der Waals surface area contributed by atoms with Gasteiger partial charge in [0.15, 0.2) is 11.2 Å². The van der Waals surface area contributed by atoms with Crippen molar-refractivity contribution in [3.05, 3.63) is 49.1 Å². The summed E-state index contributed by atoms with van der Waals surface area (Å²) >= 11 is 11.9. The maximum Gasteiger partial charge on any atom is 0.329 e. The number of halogens is 2. The third-order valence-electron chi connectivity index (χ3n) is 4.26. The van der Waals surface area contributed by atoms with Gasteiger partial charge < -0.3 is 19.7 Å². The highest BCUT2D eigenvalue weighted by Crippen LogP contribution is 2.27. The highest BCUT2D eigenvalue weighted by atomic mass is 35.5. The highest BCUT2D eigenvalue weighted by molar-refractivity contribution is 6.35. The van der Waals surface area contributed by atoms with Crippen LogP contribution in [0.1, 0.15) is 13.3 Å². The molecule has 0 aliphatic rings. The molecule has 11 heteroatoms. The van der Waals surface area contributed by atoms with Gasteiger partial charge in [-0.3, -0.25) is 14.3 Å². The number of aromatic nitrogens is 4. The van der Waals surface area contributed by atoms with Crippen molar-refractivity contribution in [2.75, 3.05) is 18.5 Å². The highest BCUT2D eigenvalue weighted by Gasteiger charge is 2.20. The molecule has 3 N–H and O–H groups in total. The van der Waals surface area contributed by atoms with Crippen LogP contribution in [0.15, 0.2) is 27.8 Å². The molecule has 29 heavy (non-hydrogen) atoms. The standard InChI is InChI=1S/C18H21Cl2N5O4/c1-3-6-21-17-22-15-14(16(27)23-18(28)24(15)2)25(17)8-11(26)9-29-13-5-4-10(19)7-12(13)20/h4-5,7,11,26H,3,6,8-9H2,1-2H3,(H,21,22)(H,23,27,28). The van der Waals surface area contributed by atoms with Crippen LogP contribution in [0.2, 0.25) is 10.0 Å². The number of fused-ring (bicyclic) bond motifs is 1. The first-order valence-corrected chi connectivity index (χ1v) is 9.76. The van der Waals surface area contributed by atoms with Crippen molar-refractivity contribution in [2.45, 2.75) is 26.0 Å². The Bertz CT molecular complexity index is 1140. The SMILES string of the molecule is CCCNc1nc2c(c(=O)[nH]c(=O)n2C)n1CC(O)COc1ccc(Cl)cc1Cl. The predicted octanol–water partition coefficient (Wildman–Crippen LogP) is 1.99. The molecule has 0 aliphatic carbocycles. The minimum Gasteiger partial charge on any atom is -0.489 e. The number of aliphatic hydroxyl groups excluding tert-OH is 1. The minimum atomic E-state index is -0.974. The molecule has 0 amide bonds.